The van der Waals surface area contributed by atoms with Crippen molar-refractivity contribution in [2.45, 2.75) is 20.4 Å². The van der Waals surface area contributed by atoms with E-state index in [0.717, 1.165) is 11.8 Å². The molecule has 0 unspecified atom stereocenters. The minimum Gasteiger partial charge on any atom is -0.497 e. The van der Waals surface area contributed by atoms with Gasteiger partial charge in [-0.3, -0.25) is 4.79 Å². The van der Waals surface area contributed by atoms with E-state index in [0.29, 0.717) is 24.4 Å². The molecule has 1 amide bonds. The van der Waals surface area contributed by atoms with Gasteiger partial charge < -0.3 is 13.8 Å². The average Bonchev–Trinajstić information content (AvgIpc) is 2.59. The van der Waals surface area contributed by atoms with E-state index in [9.17, 15) is 13.2 Å². The first-order valence-corrected chi connectivity index (χ1v) is 10.4. The molecule has 0 bridgehead atoms. The number of hydrogen-bond donors (Lipinski definition) is 0. The Morgan fingerprint density at radius 2 is 1.74 bits per heavy atom. The monoisotopic (exact) mass is 391 g/mol. The van der Waals surface area contributed by atoms with Crippen LogP contribution in [0.25, 0.3) is 0 Å². The molecule has 146 valence electrons. The summed E-state index contributed by atoms with van der Waals surface area (Å²) < 4.78 is 32.8. The van der Waals surface area contributed by atoms with E-state index in [1.807, 2.05) is 19.9 Å². The van der Waals surface area contributed by atoms with Crippen molar-refractivity contribution in [1.29, 1.82) is 0 Å². The molecule has 0 heterocycles. The zero-order valence-electron chi connectivity index (χ0n) is 16.0. The Morgan fingerprint density at radius 3 is 2.37 bits per heavy atom. The van der Waals surface area contributed by atoms with Gasteiger partial charge in [0.15, 0.2) is 0 Å². The van der Waals surface area contributed by atoms with Crippen LogP contribution in [0, 0.1) is 5.92 Å². The summed E-state index contributed by atoms with van der Waals surface area (Å²) in [4.78, 5) is 14.7. The van der Waals surface area contributed by atoms with E-state index in [-0.39, 0.29) is 17.6 Å². The zero-order valence-corrected chi connectivity index (χ0v) is 16.8. The zero-order chi connectivity index (χ0) is 20.0. The molecule has 0 aromatic heterocycles. The number of rotatable bonds is 8. The molecule has 0 radical (unpaired) electrons. The van der Waals surface area contributed by atoms with Gasteiger partial charge in [0.2, 0.25) is 0 Å². The van der Waals surface area contributed by atoms with E-state index >= 15 is 0 Å². The Balaban J connectivity index is 2.26. The third kappa shape index (κ3) is 6.60. The number of methoxy groups -OCH3 is 1. The van der Waals surface area contributed by atoms with Crippen LogP contribution < -0.4 is 8.92 Å². The van der Waals surface area contributed by atoms with Gasteiger partial charge in [0, 0.05) is 18.7 Å². The number of ether oxygens (including phenoxy) is 1. The lowest BCUT2D eigenvalue weighted by molar-refractivity contribution is 0.0722. The molecule has 6 nitrogen and oxygen atoms in total. The summed E-state index contributed by atoms with van der Waals surface area (Å²) in [6.45, 7) is 4.98. The number of hydrogen-bond acceptors (Lipinski definition) is 5. The molecule has 0 fully saturated rings. The minimum atomic E-state index is -3.60. The summed E-state index contributed by atoms with van der Waals surface area (Å²) in [5, 5.41) is 0. The van der Waals surface area contributed by atoms with Gasteiger partial charge >= 0.3 is 10.1 Å². The second-order valence-electron chi connectivity index (χ2n) is 6.75. The summed E-state index contributed by atoms with van der Waals surface area (Å²) in [6, 6.07) is 13.8. The van der Waals surface area contributed by atoms with E-state index < -0.39 is 10.1 Å². The van der Waals surface area contributed by atoms with Crippen LogP contribution in [0.15, 0.2) is 48.5 Å². The molecule has 27 heavy (non-hydrogen) atoms. The standard InChI is InChI=1S/C20H25NO5S/c1-15(2)13-21(20(22)17-8-6-9-18(12-17)25-3)14-16-7-5-10-19(11-16)26-27(4,23)24/h5-12,15H,13-14H2,1-4H3. The third-order valence-electron chi connectivity index (χ3n) is 3.71. The number of benzene rings is 2. The Labute approximate surface area is 160 Å². The van der Waals surface area contributed by atoms with Crippen LogP contribution in [-0.2, 0) is 16.7 Å². The molecule has 0 saturated carbocycles. The van der Waals surface area contributed by atoms with Crippen molar-refractivity contribution in [2.24, 2.45) is 5.92 Å². The highest BCUT2D eigenvalue weighted by Gasteiger charge is 2.18. The molecular weight excluding hydrogens is 366 g/mol. The molecule has 0 spiro atoms. The highest BCUT2D eigenvalue weighted by Crippen LogP contribution is 2.20. The highest BCUT2D eigenvalue weighted by atomic mass is 32.2. The van der Waals surface area contributed by atoms with Crippen molar-refractivity contribution in [3.8, 4) is 11.5 Å². The maximum absolute atomic E-state index is 13.0. The molecule has 0 saturated heterocycles. The quantitative estimate of drug-likeness (QED) is 0.646. The van der Waals surface area contributed by atoms with E-state index in [4.69, 9.17) is 8.92 Å². The van der Waals surface area contributed by atoms with E-state index in [2.05, 4.69) is 0 Å². The normalized spacial score (nSPS) is 11.3. The predicted octanol–water partition coefficient (Wildman–Crippen LogP) is 3.33. The first kappa shape index (κ1) is 20.8. The largest absolute Gasteiger partial charge is 0.497 e. The molecule has 0 aliphatic rings. The Hall–Kier alpha value is -2.54. The highest BCUT2D eigenvalue weighted by molar-refractivity contribution is 7.86. The molecule has 2 aromatic carbocycles. The molecular formula is C20H25NO5S. The molecule has 0 aliphatic heterocycles. The molecule has 0 atom stereocenters. The second-order valence-corrected chi connectivity index (χ2v) is 8.32. The summed E-state index contributed by atoms with van der Waals surface area (Å²) in [5.74, 6) is 1.01. The van der Waals surface area contributed by atoms with E-state index in [1.165, 1.54) is 0 Å². The molecule has 7 heteroatoms. The first-order valence-electron chi connectivity index (χ1n) is 8.59. The van der Waals surface area contributed by atoms with Gasteiger partial charge in [-0.1, -0.05) is 32.0 Å². The lowest BCUT2D eigenvalue weighted by Gasteiger charge is -2.25. The average molecular weight is 391 g/mol. The van der Waals surface area contributed by atoms with Crippen molar-refractivity contribution >= 4 is 16.0 Å². The van der Waals surface area contributed by atoms with Crippen LogP contribution in [0.2, 0.25) is 0 Å². The van der Waals surface area contributed by atoms with Gasteiger partial charge in [-0.15, -0.1) is 0 Å². The molecule has 0 N–H and O–H groups in total. The summed E-state index contributed by atoms with van der Waals surface area (Å²) in [6.07, 6.45) is 0.997. The Morgan fingerprint density at radius 1 is 1.07 bits per heavy atom. The maximum atomic E-state index is 13.0. The summed E-state index contributed by atoms with van der Waals surface area (Å²) in [7, 11) is -2.04. The Kier molecular flexibility index (Phi) is 6.85. The number of amides is 1. The van der Waals surface area contributed by atoms with Crippen LogP contribution in [0.3, 0.4) is 0 Å². The molecule has 2 aromatic rings. The minimum absolute atomic E-state index is 0.114. The van der Waals surface area contributed by atoms with E-state index in [1.54, 1.807) is 54.5 Å². The van der Waals surface area contributed by atoms with Gasteiger partial charge in [0.1, 0.15) is 11.5 Å². The van der Waals surface area contributed by atoms with Crippen LogP contribution in [0.1, 0.15) is 29.8 Å². The van der Waals surface area contributed by atoms with Crippen molar-refractivity contribution in [3.63, 3.8) is 0 Å². The lowest BCUT2D eigenvalue weighted by Crippen LogP contribution is -2.33. The van der Waals surface area contributed by atoms with Gasteiger partial charge in [0.05, 0.1) is 13.4 Å². The topological polar surface area (TPSA) is 72.9 Å². The third-order valence-corrected chi connectivity index (χ3v) is 4.20. The number of carbonyl (C=O) groups excluding carboxylic acids is 1. The summed E-state index contributed by atoms with van der Waals surface area (Å²) >= 11 is 0. The van der Waals surface area contributed by atoms with Gasteiger partial charge in [-0.2, -0.15) is 8.42 Å². The van der Waals surface area contributed by atoms with Crippen molar-refractivity contribution in [3.05, 3.63) is 59.7 Å². The van der Waals surface area contributed by atoms with Crippen molar-refractivity contribution < 1.29 is 22.1 Å². The fraction of sp³-hybridized carbons (Fsp3) is 0.350. The van der Waals surface area contributed by atoms with Gasteiger partial charge in [0.25, 0.3) is 5.91 Å². The van der Waals surface area contributed by atoms with Crippen LogP contribution in [0.5, 0.6) is 11.5 Å². The Bertz CT molecular complexity index is 893. The first-order chi connectivity index (χ1) is 12.7. The lowest BCUT2D eigenvalue weighted by atomic mass is 10.1. The van der Waals surface area contributed by atoms with Crippen molar-refractivity contribution in [2.75, 3.05) is 19.9 Å². The fourth-order valence-electron chi connectivity index (χ4n) is 2.69. The fourth-order valence-corrected chi connectivity index (χ4v) is 3.14. The number of carbonyl (C=O) groups is 1. The summed E-state index contributed by atoms with van der Waals surface area (Å²) in [5.41, 5.74) is 1.33. The maximum Gasteiger partial charge on any atom is 0.306 e. The van der Waals surface area contributed by atoms with Crippen LogP contribution in [0.4, 0.5) is 0 Å². The van der Waals surface area contributed by atoms with Gasteiger partial charge in [-0.25, -0.2) is 0 Å². The smallest absolute Gasteiger partial charge is 0.306 e. The molecule has 0 aliphatic carbocycles. The predicted molar refractivity (Wildman–Crippen MR) is 104 cm³/mol. The van der Waals surface area contributed by atoms with Gasteiger partial charge in [-0.05, 0) is 41.8 Å². The number of nitrogens with zero attached hydrogens (tertiary/aromatic N) is 1. The second kappa shape index (κ2) is 8.90. The molecule has 2 rings (SSSR count). The SMILES string of the molecule is COc1cccc(C(=O)N(Cc2cccc(OS(C)(=O)=O)c2)CC(C)C)c1. The van der Waals surface area contributed by atoms with Crippen LogP contribution in [-0.4, -0.2) is 39.1 Å². The van der Waals surface area contributed by atoms with Crippen molar-refractivity contribution in [1.82, 2.24) is 4.90 Å². The van der Waals surface area contributed by atoms with Crippen LogP contribution >= 0.6 is 0 Å².